The lowest BCUT2D eigenvalue weighted by atomic mass is 10.1. The summed E-state index contributed by atoms with van der Waals surface area (Å²) in [5.74, 6) is -1.08. The third-order valence-corrected chi connectivity index (χ3v) is 7.26. The van der Waals surface area contributed by atoms with Crippen molar-refractivity contribution in [2.75, 3.05) is 19.0 Å². The van der Waals surface area contributed by atoms with Gasteiger partial charge in [0, 0.05) is 35.8 Å². The van der Waals surface area contributed by atoms with Gasteiger partial charge in [-0.3, -0.25) is 9.36 Å². The van der Waals surface area contributed by atoms with Crippen LogP contribution in [0.15, 0.2) is 42.6 Å². The van der Waals surface area contributed by atoms with Crippen LogP contribution in [0, 0.1) is 11.7 Å². The molecule has 204 valence electrons. The van der Waals surface area contributed by atoms with Crippen molar-refractivity contribution in [2.24, 2.45) is 11.7 Å². The number of hydrogen-bond donors (Lipinski definition) is 3. The van der Waals surface area contributed by atoms with Crippen molar-refractivity contribution in [3.05, 3.63) is 59.0 Å². The zero-order valence-electron chi connectivity index (χ0n) is 20.8. The highest BCUT2D eigenvalue weighted by atomic mass is 35.5. The number of likely N-dealkylation sites (tertiary alicyclic amines) is 1. The number of carbonyl (C=O) groups excluding carboxylic acids is 4. The van der Waals surface area contributed by atoms with Crippen LogP contribution in [0.25, 0.3) is 10.9 Å². The van der Waals surface area contributed by atoms with E-state index in [1.54, 1.807) is 18.2 Å². The Morgan fingerprint density at radius 2 is 1.97 bits per heavy atom. The molecule has 13 heteroatoms. The summed E-state index contributed by atoms with van der Waals surface area (Å²) in [5.41, 5.74) is 6.42. The van der Waals surface area contributed by atoms with Crippen LogP contribution < -0.4 is 21.1 Å². The molecule has 2 fully saturated rings. The zero-order chi connectivity index (χ0) is 27.8. The maximum absolute atomic E-state index is 14.2. The summed E-state index contributed by atoms with van der Waals surface area (Å²) in [7, 11) is 1.24. The number of ether oxygens (including phenoxy) is 2. The summed E-state index contributed by atoms with van der Waals surface area (Å²) in [6, 6.07) is 7.11. The highest BCUT2D eigenvalue weighted by Crippen LogP contribution is 2.48. The second-order valence-corrected chi connectivity index (χ2v) is 9.78. The third kappa shape index (κ3) is 5.19. The molecule has 1 aliphatic heterocycles. The van der Waals surface area contributed by atoms with Crippen molar-refractivity contribution < 1.29 is 33.0 Å². The number of rotatable bonds is 7. The van der Waals surface area contributed by atoms with E-state index in [0.29, 0.717) is 28.8 Å². The van der Waals surface area contributed by atoms with E-state index in [9.17, 15) is 23.6 Å². The first-order valence-corrected chi connectivity index (χ1v) is 12.5. The summed E-state index contributed by atoms with van der Waals surface area (Å²) < 4.78 is 25.3. The molecule has 0 bridgehead atoms. The molecule has 1 aromatic heterocycles. The van der Waals surface area contributed by atoms with Gasteiger partial charge in [0.05, 0.1) is 23.3 Å². The van der Waals surface area contributed by atoms with E-state index in [1.165, 1.54) is 36.4 Å². The largest absolute Gasteiger partial charge is 0.482 e. The number of nitrogens with two attached hydrogens (primary N) is 1. The number of anilines is 1. The predicted molar refractivity (Wildman–Crippen MR) is 139 cm³/mol. The van der Waals surface area contributed by atoms with Crippen molar-refractivity contribution in [3.8, 4) is 5.75 Å². The zero-order valence-corrected chi connectivity index (χ0v) is 21.5. The first kappa shape index (κ1) is 26.3. The number of methoxy groups -OCH3 is 1. The molecule has 2 heterocycles. The van der Waals surface area contributed by atoms with Gasteiger partial charge in [-0.25, -0.2) is 18.8 Å². The molecule has 5 rings (SSSR count). The molecule has 3 aromatic rings. The summed E-state index contributed by atoms with van der Waals surface area (Å²) in [6.45, 7) is -0.396. The Kier molecular flexibility index (Phi) is 7.04. The van der Waals surface area contributed by atoms with Crippen LogP contribution in [-0.4, -0.2) is 59.2 Å². The van der Waals surface area contributed by atoms with Crippen LogP contribution >= 0.6 is 11.6 Å². The van der Waals surface area contributed by atoms with Gasteiger partial charge in [0.25, 0.3) is 0 Å². The monoisotopic (exact) mass is 557 g/mol. The lowest BCUT2D eigenvalue weighted by Crippen LogP contribution is -2.49. The Labute approximate surface area is 226 Å². The molecule has 4 amide bonds. The minimum atomic E-state index is -0.792. The van der Waals surface area contributed by atoms with Crippen LogP contribution in [0.4, 0.5) is 19.7 Å². The molecule has 2 aliphatic rings. The Morgan fingerprint density at radius 1 is 1.18 bits per heavy atom. The molecule has 3 atom stereocenters. The first-order valence-electron chi connectivity index (χ1n) is 12.1. The fraction of sp³-hybridized carbons (Fsp3) is 0.308. The molecule has 4 N–H and O–H groups in total. The van der Waals surface area contributed by atoms with Gasteiger partial charge in [-0.05, 0) is 37.0 Å². The molecule has 0 unspecified atom stereocenters. The van der Waals surface area contributed by atoms with E-state index in [4.69, 9.17) is 22.1 Å². The van der Waals surface area contributed by atoms with Crippen LogP contribution in [0.1, 0.15) is 18.4 Å². The average molecular weight is 558 g/mol. The smallest absolute Gasteiger partial charge is 0.343 e. The van der Waals surface area contributed by atoms with Crippen molar-refractivity contribution in [1.29, 1.82) is 0 Å². The molecule has 2 aromatic carbocycles. The van der Waals surface area contributed by atoms with Gasteiger partial charge in [-0.1, -0.05) is 23.7 Å². The maximum Gasteiger partial charge on any atom is 0.343 e. The summed E-state index contributed by atoms with van der Waals surface area (Å²) in [6.07, 6.45) is 2.66. The van der Waals surface area contributed by atoms with E-state index in [1.807, 2.05) is 0 Å². The number of urea groups is 1. The molecule has 1 aliphatic carbocycles. The topological polar surface area (TPSA) is 145 Å². The predicted octanol–water partition coefficient (Wildman–Crippen LogP) is 3.22. The Balaban J connectivity index is 1.32. The number of hydrogen-bond acceptors (Lipinski definition) is 6. The lowest BCUT2D eigenvalue weighted by molar-refractivity contribution is -0.142. The first-order chi connectivity index (χ1) is 18.7. The van der Waals surface area contributed by atoms with E-state index in [-0.39, 0.29) is 35.7 Å². The summed E-state index contributed by atoms with van der Waals surface area (Å²) in [5, 5.41) is 5.96. The molecule has 0 radical (unpaired) electrons. The highest BCUT2D eigenvalue weighted by molar-refractivity contribution is 6.30. The number of nitrogens with zero attached hydrogens (tertiary/aromatic N) is 2. The number of fused-ring (bicyclic) bond motifs is 2. The van der Waals surface area contributed by atoms with E-state index in [0.717, 1.165) is 11.0 Å². The highest BCUT2D eigenvalue weighted by Gasteiger charge is 2.56. The van der Waals surface area contributed by atoms with Crippen molar-refractivity contribution in [3.63, 3.8) is 0 Å². The fourth-order valence-electron chi connectivity index (χ4n) is 4.93. The minimum Gasteiger partial charge on any atom is -0.482 e. The Hall–Kier alpha value is -4.32. The van der Waals surface area contributed by atoms with Crippen molar-refractivity contribution in [1.82, 2.24) is 14.8 Å². The van der Waals surface area contributed by atoms with Crippen LogP contribution in [-0.2, 0) is 20.9 Å². The number of primary amides is 1. The van der Waals surface area contributed by atoms with E-state index < -0.39 is 35.8 Å². The average Bonchev–Trinajstić information content (AvgIpc) is 3.43. The van der Waals surface area contributed by atoms with E-state index in [2.05, 4.69) is 15.4 Å². The number of esters is 1. The maximum atomic E-state index is 14.2. The molecule has 1 saturated heterocycles. The SMILES string of the molecule is COC(=O)COc1ccc2c(NC(=O)N3[C@@H]4C[C@@H]4C[C@H]3C(=O)NCc3cccc(Cl)c3F)cn(C(N)=O)c2c1. The van der Waals surface area contributed by atoms with E-state index >= 15 is 0 Å². The Bertz CT molecular complexity index is 1490. The molecule has 39 heavy (non-hydrogen) atoms. The quantitative estimate of drug-likeness (QED) is 0.380. The number of piperidine rings is 1. The van der Waals surface area contributed by atoms with Gasteiger partial charge in [0.15, 0.2) is 6.61 Å². The number of nitrogens with one attached hydrogen (secondary N) is 2. The second-order valence-electron chi connectivity index (χ2n) is 9.38. The van der Waals surface area contributed by atoms with Crippen molar-refractivity contribution >= 4 is 52.1 Å². The third-order valence-electron chi connectivity index (χ3n) is 6.97. The fourth-order valence-corrected chi connectivity index (χ4v) is 5.12. The minimum absolute atomic E-state index is 0.0397. The van der Waals surface area contributed by atoms with Gasteiger partial charge in [0.1, 0.15) is 17.6 Å². The van der Waals surface area contributed by atoms with Gasteiger partial charge in [-0.2, -0.15) is 0 Å². The second kappa shape index (κ2) is 10.4. The summed E-state index contributed by atoms with van der Waals surface area (Å²) in [4.78, 5) is 51.4. The number of benzene rings is 2. The number of halogens is 2. The molecule has 0 spiro atoms. The van der Waals surface area contributed by atoms with Gasteiger partial charge >= 0.3 is 18.0 Å². The van der Waals surface area contributed by atoms with Crippen LogP contribution in [0.5, 0.6) is 5.75 Å². The standard InChI is InChI=1S/C26H25ClFN5O6/c1-38-22(34)12-39-15-5-6-16-18(11-32(25(29)36)20(16)9-15)31-26(37)33-19-7-14(19)8-21(33)24(35)30-10-13-3-2-4-17(27)23(13)28/h2-6,9,11,14,19,21H,7-8,10,12H2,1H3,(H2,29,36)(H,30,35)(H,31,37)/t14-,19-,21+/m1/s1. The van der Waals surface area contributed by atoms with Gasteiger partial charge in [0.2, 0.25) is 5.91 Å². The van der Waals surface area contributed by atoms with Gasteiger partial charge in [-0.15, -0.1) is 0 Å². The van der Waals surface area contributed by atoms with Gasteiger partial charge < -0.3 is 30.7 Å². The molecule has 11 nitrogen and oxygen atoms in total. The lowest BCUT2D eigenvalue weighted by Gasteiger charge is -2.27. The number of carbonyl (C=O) groups is 4. The number of amides is 4. The number of aromatic nitrogens is 1. The summed E-state index contributed by atoms with van der Waals surface area (Å²) >= 11 is 5.82. The van der Waals surface area contributed by atoms with Crippen LogP contribution in [0.2, 0.25) is 5.02 Å². The molecular weight excluding hydrogens is 533 g/mol. The normalized spacial score (nSPS) is 19.4. The molecular formula is C26H25ClFN5O6. The Morgan fingerprint density at radius 3 is 2.72 bits per heavy atom. The molecule has 1 saturated carbocycles. The van der Waals surface area contributed by atoms with Crippen LogP contribution in [0.3, 0.4) is 0 Å². The van der Waals surface area contributed by atoms with Crippen molar-refractivity contribution in [2.45, 2.75) is 31.5 Å².